The highest BCUT2D eigenvalue weighted by Gasteiger charge is 2.19. The van der Waals surface area contributed by atoms with Crippen molar-refractivity contribution in [2.24, 2.45) is 11.8 Å². The van der Waals surface area contributed by atoms with Crippen LogP contribution in [0.25, 0.3) is 22.1 Å². The van der Waals surface area contributed by atoms with Crippen LogP contribution in [-0.4, -0.2) is 29.9 Å². The SMILES string of the molecule is CC(C)Cc1[nH]c2nc[nH]c(=O)c2c1C(C)C.CC(C)Cc1[nH]c2ncnc(Cl)c2c1C(C)C. The molecule has 0 saturated heterocycles. The second-order valence-corrected chi connectivity index (χ2v) is 10.7. The summed E-state index contributed by atoms with van der Waals surface area (Å²) in [6, 6.07) is 0. The highest BCUT2D eigenvalue weighted by molar-refractivity contribution is 6.34. The van der Waals surface area contributed by atoms with Crippen molar-refractivity contribution in [1.29, 1.82) is 0 Å². The van der Waals surface area contributed by atoms with Crippen LogP contribution in [0, 0.1) is 11.8 Å². The smallest absolute Gasteiger partial charge is 0.260 e. The van der Waals surface area contributed by atoms with E-state index >= 15 is 0 Å². The molecule has 0 aliphatic rings. The first-order chi connectivity index (χ1) is 16.0. The lowest BCUT2D eigenvalue weighted by molar-refractivity contribution is 0.630. The van der Waals surface area contributed by atoms with Gasteiger partial charge in [0.2, 0.25) is 0 Å². The number of hydrogen-bond acceptors (Lipinski definition) is 4. The van der Waals surface area contributed by atoms with Gasteiger partial charge in [0.1, 0.15) is 22.8 Å². The average molecular weight is 485 g/mol. The fourth-order valence-corrected chi connectivity index (χ4v) is 4.81. The molecule has 34 heavy (non-hydrogen) atoms. The molecule has 0 saturated carbocycles. The number of hydrogen-bond donors (Lipinski definition) is 3. The van der Waals surface area contributed by atoms with Gasteiger partial charge in [0.15, 0.2) is 0 Å². The summed E-state index contributed by atoms with van der Waals surface area (Å²) in [6.07, 6.45) is 4.92. The Labute approximate surface area is 206 Å². The quantitative estimate of drug-likeness (QED) is 0.271. The molecule has 4 heterocycles. The van der Waals surface area contributed by atoms with Gasteiger partial charge in [0.25, 0.3) is 5.56 Å². The minimum atomic E-state index is -0.0510. The predicted molar refractivity (Wildman–Crippen MR) is 141 cm³/mol. The Morgan fingerprint density at radius 3 is 1.76 bits per heavy atom. The van der Waals surface area contributed by atoms with Crippen LogP contribution in [0.4, 0.5) is 0 Å². The molecular formula is C26H37ClN6O. The number of nitrogens with zero attached hydrogens (tertiary/aromatic N) is 3. The van der Waals surface area contributed by atoms with E-state index in [2.05, 4.69) is 85.3 Å². The zero-order chi connectivity index (χ0) is 25.2. The van der Waals surface area contributed by atoms with E-state index in [0.717, 1.165) is 40.5 Å². The summed E-state index contributed by atoms with van der Waals surface area (Å²) in [4.78, 5) is 33.7. The molecule has 4 rings (SSSR count). The van der Waals surface area contributed by atoms with Crippen molar-refractivity contribution in [3.8, 4) is 0 Å². The molecule has 0 spiro atoms. The van der Waals surface area contributed by atoms with Crippen molar-refractivity contribution in [2.75, 3.05) is 0 Å². The summed E-state index contributed by atoms with van der Waals surface area (Å²) >= 11 is 6.19. The number of aromatic amines is 3. The molecule has 8 heteroatoms. The summed E-state index contributed by atoms with van der Waals surface area (Å²) < 4.78 is 0. The summed E-state index contributed by atoms with van der Waals surface area (Å²) in [5.41, 5.74) is 6.27. The minimum Gasteiger partial charge on any atom is -0.343 e. The number of H-pyrrole nitrogens is 3. The summed E-state index contributed by atoms with van der Waals surface area (Å²) in [7, 11) is 0. The Hall–Kier alpha value is -2.67. The second kappa shape index (κ2) is 10.7. The highest BCUT2D eigenvalue weighted by atomic mass is 35.5. The topological polar surface area (TPSA) is 103 Å². The van der Waals surface area contributed by atoms with Crippen molar-refractivity contribution in [3.63, 3.8) is 0 Å². The van der Waals surface area contributed by atoms with E-state index < -0.39 is 0 Å². The first-order valence-corrected chi connectivity index (χ1v) is 12.5. The van der Waals surface area contributed by atoms with E-state index in [4.69, 9.17) is 11.6 Å². The third-order valence-electron chi connectivity index (χ3n) is 5.76. The molecule has 0 bridgehead atoms. The van der Waals surface area contributed by atoms with Crippen LogP contribution >= 0.6 is 11.6 Å². The predicted octanol–water partition coefficient (Wildman–Crippen LogP) is 6.51. The maximum absolute atomic E-state index is 11.9. The Morgan fingerprint density at radius 1 is 0.765 bits per heavy atom. The molecule has 0 radical (unpaired) electrons. The van der Waals surface area contributed by atoms with Crippen molar-refractivity contribution < 1.29 is 0 Å². The van der Waals surface area contributed by atoms with Crippen molar-refractivity contribution in [1.82, 2.24) is 29.9 Å². The lowest BCUT2D eigenvalue weighted by Crippen LogP contribution is -2.08. The maximum Gasteiger partial charge on any atom is 0.260 e. The molecule has 0 atom stereocenters. The van der Waals surface area contributed by atoms with Gasteiger partial charge in [-0.25, -0.2) is 15.0 Å². The standard InChI is InChI=1S/C13H18ClN3.C13H19N3O/c1-7(2)5-9-10(8(3)4)11-12(14)15-6-16-13(11)17-9;1-7(2)5-9-10(8(3)4)11-12(16-9)14-6-15-13(11)17/h6-8H,5H2,1-4H3,(H,15,16,17);6-8H,5H2,1-4H3,(H2,14,15,16,17). The van der Waals surface area contributed by atoms with Crippen LogP contribution in [-0.2, 0) is 12.8 Å². The second-order valence-electron chi connectivity index (χ2n) is 10.4. The molecule has 0 fully saturated rings. The molecule has 184 valence electrons. The molecule has 0 aliphatic carbocycles. The van der Waals surface area contributed by atoms with Gasteiger partial charge < -0.3 is 15.0 Å². The van der Waals surface area contributed by atoms with Gasteiger partial charge in [-0.3, -0.25) is 4.79 Å². The summed E-state index contributed by atoms with van der Waals surface area (Å²) in [5, 5.41) is 2.25. The number of rotatable bonds is 6. The van der Waals surface area contributed by atoms with E-state index in [0.29, 0.717) is 34.5 Å². The fraction of sp³-hybridized carbons (Fsp3) is 0.538. The number of halogens is 1. The van der Waals surface area contributed by atoms with E-state index in [9.17, 15) is 4.79 Å². The molecule has 0 unspecified atom stereocenters. The number of aromatic nitrogens is 6. The van der Waals surface area contributed by atoms with E-state index in [1.165, 1.54) is 23.9 Å². The van der Waals surface area contributed by atoms with Gasteiger partial charge in [0.05, 0.1) is 17.1 Å². The molecule has 4 aromatic heterocycles. The Kier molecular flexibility index (Phi) is 8.18. The van der Waals surface area contributed by atoms with Gasteiger partial charge in [-0.05, 0) is 47.6 Å². The van der Waals surface area contributed by atoms with Gasteiger partial charge in [-0.2, -0.15) is 0 Å². The van der Waals surface area contributed by atoms with Crippen LogP contribution in [0.3, 0.4) is 0 Å². The molecule has 7 nitrogen and oxygen atoms in total. The normalized spacial score (nSPS) is 11.9. The van der Waals surface area contributed by atoms with Crippen LogP contribution in [0.5, 0.6) is 0 Å². The third-order valence-corrected chi connectivity index (χ3v) is 6.05. The fourth-order valence-electron chi connectivity index (χ4n) is 4.58. The Balaban J connectivity index is 0.000000191. The minimum absolute atomic E-state index is 0.0510. The lowest BCUT2D eigenvalue weighted by atomic mass is 9.96. The zero-order valence-corrected chi connectivity index (χ0v) is 22.3. The molecule has 0 aromatic carbocycles. The van der Waals surface area contributed by atoms with Gasteiger partial charge in [-0.1, -0.05) is 67.0 Å². The summed E-state index contributed by atoms with van der Waals surface area (Å²) in [6.45, 7) is 17.3. The van der Waals surface area contributed by atoms with E-state index in [-0.39, 0.29) is 5.56 Å². The van der Waals surface area contributed by atoms with Crippen LogP contribution in [0.15, 0.2) is 17.4 Å². The van der Waals surface area contributed by atoms with E-state index in [1.807, 2.05) is 0 Å². The average Bonchev–Trinajstić information content (AvgIpc) is 3.27. The van der Waals surface area contributed by atoms with E-state index in [1.54, 1.807) is 0 Å². The van der Waals surface area contributed by atoms with Crippen LogP contribution in [0.1, 0.15) is 89.7 Å². The Bertz CT molecular complexity index is 1310. The maximum atomic E-state index is 11.9. The molecule has 0 aliphatic heterocycles. The monoisotopic (exact) mass is 484 g/mol. The molecule has 0 amide bonds. The number of nitrogens with one attached hydrogen (secondary N) is 3. The lowest BCUT2D eigenvalue weighted by Gasteiger charge is -2.10. The number of fused-ring (bicyclic) bond motifs is 2. The first kappa shape index (κ1) is 25.9. The van der Waals surface area contributed by atoms with Crippen LogP contribution in [0.2, 0.25) is 5.15 Å². The first-order valence-electron chi connectivity index (χ1n) is 12.1. The van der Waals surface area contributed by atoms with Gasteiger partial charge in [0, 0.05) is 11.4 Å². The third kappa shape index (κ3) is 5.52. The molecule has 3 N–H and O–H groups in total. The van der Waals surface area contributed by atoms with Crippen molar-refractivity contribution in [2.45, 2.75) is 80.1 Å². The molecule has 4 aromatic rings. The Morgan fingerprint density at radius 2 is 1.26 bits per heavy atom. The highest BCUT2D eigenvalue weighted by Crippen LogP contribution is 2.33. The summed E-state index contributed by atoms with van der Waals surface area (Å²) in [5.74, 6) is 1.90. The molecular weight excluding hydrogens is 448 g/mol. The van der Waals surface area contributed by atoms with Gasteiger partial charge in [-0.15, -0.1) is 0 Å². The largest absolute Gasteiger partial charge is 0.343 e. The zero-order valence-electron chi connectivity index (χ0n) is 21.5. The van der Waals surface area contributed by atoms with Gasteiger partial charge >= 0.3 is 0 Å². The van der Waals surface area contributed by atoms with Crippen LogP contribution < -0.4 is 5.56 Å². The van der Waals surface area contributed by atoms with Crippen molar-refractivity contribution >= 4 is 33.7 Å². The van der Waals surface area contributed by atoms with Crippen molar-refractivity contribution in [3.05, 3.63) is 50.7 Å².